The fourth-order valence-corrected chi connectivity index (χ4v) is 2.28. The number of carboxylic acids is 1. The summed E-state index contributed by atoms with van der Waals surface area (Å²) in [4.78, 5) is 11.0. The van der Waals surface area contributed by atoms with Crippen LogP contribution < -0.4 is 4.74 Å². The van der Waals surface area contributed by atoms with Gasteiger partial charge in [0.2, 0.25) is 0 Å². The second-order valence-corrected chi connectivity index (χ2v) is 4.86. The SMILES string of the molecule is CCCc1ccc(Oc2csc(C(=O)O)c2)cc1. The van der Waals surface area contributed by atoms with Crippen LogP contribution in [0.15, 0.2) is 35.7 Å². The van der Waals surface area contributed by atoms with Gasteiger partial charge < -0.3 is 9.84 Å². The van der Waals surface area contributed by atoms with Crippen LogP contribution in [-0.4, -0.2) is 11.1 Å². The number of hydrogen-bond donors (Lipinski definition) is 1. The molecule has 1 heterocycles. The standard InChI is InChI=1S/C14H14O3S/c1-2-3-10-4-6-11(7-5-10)17-12-8-13(14(15)16)18-9-12/h4-9H,2-3H2,1H3,(H,15,16). The zero-order chi connectivity index (χ0) is 13.0. The summed E-state index contributed by atoms with van der Waals surface area (Å²) in [6, 6.07) is 9.41. The Bertz CT molecular complexity index is 528. The minimum Gasteiger partial charge on any atom is -0.477 e. The summed E-state index contributed by atoms with van der Waals surface area (Å²) in [5.74, 6) is 0.373. The predicted molar refractivity (Wildman–Crippen MR) is 71.8 cm³/mol. The van der Waals surface area contributed by atoms with Gasteiger partial charge in [-0.3, -0.25) is 0 Å². The zero-order valence-electron chi connectivity index (χ0n) is 10.1. The molecule has 0 saturated heterocycles. The number of carbonyl (C=O) groups is 1. The molecule has 4 heteroatoms. The third-order valence-corrected chi connectivity index (χ3v) is 3.38. The molecule has 0 radical (unpaired) electrons. The summed E-state index contributed by atoms with van der Waals surface area (Å²) in [6.45, 7) is 2.14. The molecule has 1 aromatic heterocycles. The Morgan fingerprint density at radius 2 is 2.00 bits per heavy atom. The fourth-order valence-electron chi connectivity index (χ4n) is 1.63. The summed E-state index contributed by atoms with van der Waals surface area (Å²) in [5, 5.41) is 10.5. The van der Waals surface area contributed by atoms with Crippen molar-refractivity contribution in [2.24, 2.45) is 0 Å². The summed E-state index contributed by atoms with van der Waals surface area (Å²) >= 11 is 1.16. The lowest BCUT2D eigenvalue weighted by Gasteiger charge is -2.04. The first-order valence-electron chi connectivity index (χ1n) is 5.77. The third-order valence-electron chi connectivity index (χ3n) is 2.48. The number of aromatic carboxylic acids is 1. The van der Waals surface area contributed by atoms with E-state index in [0.717, 1.165) is 29.9 Å². The Labute approximate surface area is 110 Å². The van der Waals surface area contributed by atoms with Gasteiger partial charge in [-0.2, -0.15) is 0 Å². The van der Waals surface area contributed by atoms with Crippen molar-refractivity contribution in [2.75, 3.05) is 0 Å². The van der Waals surface area contributed by atoms with Crippen LogP contribution in [-0.2, 0) is 6.42 Å². The fraction of sp³-hybridized carbons (Fsp3) is 0.214. The largest absolute Gasteiger partial charge is 0.477 e. The predicted octanol–water partition coefficient (Wildman–Crippen LogP) is 4.19. The van der Waals surface area contributed by atoms with E-state index in [1.54, 1.807) is 5.38 Å². The van der Waals surface area contributed by atoms with Crippen LogP contribution >= 0.6 is 11.3 Å². The summed E-state index contributed by atoms with van der Waals surface area (Å²) in [6.07, 6.45) is 2.18. The van der Waals surface area contributed by atoms with Crippen LogP contribution in [0.25, 0.3) is 0 Å². The maximum absolute atomic E-state index is 10.7. The van der Waals surface area contributed by atoms with Crippen molar-refractivity contribution in [3.8, 4) is 11.5 Å². The van der Waals surface area contributed by atoms with Crippen LogP contribution in [0.3, 0.4) is 0 Å². The average molecular weight is 262 g/mol. The van der Waals surface area contributed by atoms with Crippen LogP contribution in [0.2, 0.25) is 0 Å². The van der Waals surface area contributed by atoms with E-state index in [0.29, 0.717) is 5.75 Å². The molecule has 0 unspecified atom stereocenters. The van der Waals surface area contributed by atoms with Crippen LogP contribution in [0, 0.1) is 0 Å². The van der Waals surface area contributed by atoms with Gasteiger partial charge in [0.1, 0.15) is 16.4 Å². The normalized spacial score (nSPS) is 10.3. The van der Waals surface area contributed by atoms with Crippen molar-refractivity contribution in [2.45, 2.75) is 19.8 Å². The molecule has 0 amide bonds. The molecule has 2 aromatic rings. The lowest BCUT2D eigenvalue weighted by Crippen LogP contribution is -1.90. The monoisotopic (exact) mass is 262 g/mol. The quantitative estimate of drug-likeness (QED) is 0.878. The molecule has 0 spiro atoms. The van der Waals surface area contributed by atoms with Gasteiger partial charge in [0.25, 0.3) is 0 Å². The van der Waals surface area contributed by atoms with Gasteiger partial charge >= 0.3 is 5.97 Å². The van der Waals surface area contributed by atoms with Crippen molar-refractivity contribution in [1.29, 1.82) is 0 Å². The topological polar surface area (TPSA) is 46.5 Å². The number of thiophene rings is 1. The second kappa shape index (κ2) is 5.69. The van der Waals surface area contributed by atoms with Crippen LogP contribution in [0.4, 0.5) is 0 Å². The number of benzene rings is 1. The van der Waals surface area contributed by atoms with E-state index in [2.05, 4.69) is 6.92 Å². The lowest BCUT2D eigenvalue weighted by atomic mass is 10.1. The van der Waals surface area contributed by atoms with Crippen molar-refractivity contribution < 1.29 is 14.6 Å². The van der Waals surface area contributed by atoms with Crippen molar-refractivity contribution in [3.05, 3.63) is 46.2 Å². The minimum atomic E-state index is -0.923. The van der Waals surface area contributed by atoms with Gasteiger partial charge in [0.05, 0.1) is 0 Å². The maximum Gasteiger partial charge on any atom is 0.346 e. The average Bonchev–Trinajstić information content (AvgIpc) is 2.81. The van der Waals surface area contributed by atoms with Gasteiger partial charge in [-0.15, -0.1) is 11.3 Å². The highest BCUT2D eigenvalue weighted by Gasteiger charge is 2.08. The second-order valence-electron chi connectivity index (χ2n) is 3.95. The number of carboxylic acid groups (broad SMARTS) is 1. The maximum atomic E-state index is 10.7. The molecule has 3 nitrogen and oxygen atoms in total. The van der Waals surface area contributed by atoms with E-state index in [4.69, 9.17) is 9.84 Å². The molecule has 0 fully saturated rings. The molecule has 0 aliphatic heterocycles. The Morgan fingerprint density at radius 3 is 2.56 bits per heavy atom. The van der Waals surface area contributed by atoms with E-state index in [9.17, 15) is 4.79 Å². The summed E-state index contributed by atoms with van der Waals surface area (Å²) < 4.78 is 5.59. The number of hydrogen-bond acceptors (Lipinski definition) is 3. The molecule has 18 heavy (non-hydrogen) atoms. The number of aryl methyl sites for hydroxylation is 1. The summed E-state index contributed by atoms with van der Waals surface area (Å²) in [7, 11) is 0. The summed E-state index contributed by atoms with van der Waals surface area (Å²) in [5.41, 5.74) is 1.28. The number of rotatable bonds is 5. The molecule has 2 rings (SSSR count). The molecular formula is C14H14O3S. The highest BCUT2D eigenvalue weighted by Crippen LogP contribution is 2.27. The highest BCUT2D eigenvalue weighted by molar-refractivity contribution is 7.12. The zero-order valence-corrected chi connectivity index (χ0v) is 10.9. The first-order chi connectivity index (χ1) is 8.69. The highest BCUT2D eigenvalue weighted by atomic mass is 32.1. The van der Waals surface area contributed by atoms with E-state index < -0.39 is 5.97 Å². The smallest absolute Gasteiger partial charge is 0.346 e. The van der Waals surface area contributed by atoms with Gasteiger partial charge in [-0.1, -0.05) is 25.5 Å². The minimum absolute atomic E-state index is 0.285. The van der Waals surface area contributed by atoms with Gasteiger partial charge in [-0.25, -0.2) is 4.79 Å². The molecule has 0 bridgehead atoms. The van der Waals surface area contributed by atoms with Gasteiger partial charge in [0, 0.05) is 11.4 Å². The molecule has 0 aliphatic carbocycles. The Morgan fingerprint density at radius 1 is 1.28 bits per heavy atom. The Kier molecular flexibility index (Phi) is 3.99. The molecule has 94 valence electrons. The van der Waals surface area contributed by atoms with Crippen LogP contribution in [0.5, 0.6) is 11.5 Å². The number of ether oxygens (including phenoxy) is 1. The Balaban J connectivity index is 2.06. The Hall–Kier alpha value is -1.81. The molecular weight excluding hydrogens is 248 g/mol. The molecule has 0 aliphatic rings. The first kappa shape index (κ1) is 12.6. The van der Waals surface area contributed by atoms with Crippen molar-refractivity contribution >= 4 is 17.3 Å². The van der Waals surface area contributed by atoms with Crippen molar-refractivity contribution in [1.82, 2.24) is 0 Å². The van der Waals surface area contributed by atoms with Gasteiger partial charge in [0.15, 0.2) is 0 Å². The van der Waals surface area contributed by atoms with E-state index in [1.165, 1.54) is 11.6 Å². The van der Waals surface area contributed by atoms with Crippen molar-refractivity contribution in [3.63, 3.8) is 0 Å². The van der Waals surface area contributed by atoms with Crippen LogP contribution in [0.1, 0.15) is 28.6 Å². The van der Waals surface area contributed by atoms with E-state index in [-0.39, 0.29) is 4.88 Å². The molecule has 1 N–H and O–H groups in total. The lowest BCUT2D eigenvalue weighted by molar-refractivity contribution is 0.0702. The third kappa shape index (κ3) is 3.11. The first-order valence-corrected chi connectivity index (χ1v) is 6.65. The molecule has 0 atom stereocenters. The molecule has 0 saturated carbocycles. The van der Waals surface area contributed by atoms with Gasteiger partial charge in [-0.05, 0) is 24.1 Å². The van der Waals surface area contributed by atoms with E-state index >= 15 is 0 Å². The van der Waals surface area contributed by atoms with E-state index in [1.807, 2.05) is 24.3 Å². The molecule has 1 aromatic carbocycles.